The smallest absolute Gasteiger partial charge is 0.251 e. The van der Waals surface area contributed by atoms with Gasteiger partial charge in [-0.1, -0.05) is 57.5 Å². The Kier molecular flexibility index (Phi) is 9.33. The number of carbonyl (C=O) groups is 1. The molecule has 1 aliphatic heterocycles. The summed E-state index contributed by atoms with van der Waals surface area (Å²) in [4.78, 5) is 27.2. The number of hydrogen-bond acceptors (Lipinski definition) is 5. The number of carbonyl (C=O) groups excluding carboxylic acids is 1. The van der Waals surface area contributed by atoms with E-state index in [9.17, 15) is 4.79 Å². The standard InChI is InChI=1S/C28H42BrN5O/c1-27(2,3)23-20-24(32-26(31-23)28(4,5)6)34-17-9-16-33(18-19-34)15-8-7-14-30-25(35)21-10-12-22(29)13-11-21/h10-13,20H,7-9,14-19H2,1-6H3,(H,30,35). The lowest BCUT2D eigenvalue weighted by atomic mass is 9.90. The minimum absolute atomic E-state index is 0.00276. The van der Waals surface area contributed by atoms with E-state index in [-0.39, 0.29) is 16.7 Å². The zero-order valence-electron chi connectivity index (χ0n) is 22.3. The van der Waals surface area contributed by atoms with Gasteiger partial charge in [0, 0.05) is 53.1 Å². The first-order valence-corrected chi connectivity index (χ1v) is 13.6. The average molecular weight is 545 g/mol. The Morgan fingerprint density at radius 3 is 2.31 bits per heavy atom. The lowest BCUT2D eigenvalue weighted by Crippen LogP contribution is -2.33. The molecule has 2 aromatic rings. The number of benzene rings is 1. The molecule has 0 aliphatic carbocycles. The molecule has 0 saturated carbocycles. The Hall–Kier alpha value is -1.99. The third-order valence-corrected chi connectivity index (χ3v) is 6.89. The van der Waals surface area contributed by atoms with E-state index in [1.165, 1.54) is 0 Å². The van der Waals surface area contributed by atoms with Crippen LogP contribution in [0.3, 0.4) is 0 Å². The van der Waals surface area contributed by atoms with Crippen molar-refractivity contribution in [2.45, 2.75) is 71.6 Å². The van der Waals surface area contributed by atoms with Crippen molar-refractivity contribution < 1.29 is 4.79 Å². The van der Waals surface area contributed by atoms with Crippen molar-refractivity contribution in [3.05, 3.63) is 51.9 Å². The summed E-state index contributed by atoms with van der Waals surface area (Å²) in [5.41, 5.74) is 1.72. The largest absolute Gasteiger partial charge is 0.355 e. The van der Waals surface area contributed by atoms with Crippen molar-refractivity contribution in [3.63, 3.8) is 0 Å². The second-order valence-electron chi connectivity index (χ2n) is 11.6. The highest BCUT2D eigenvalue weighted by atomic mass is 79.9. The molecule has 1 aliphatic rings. The van der Waals surface area contributed by atoms with E-state index in [0.717, 1.165) is 73.8 Å². The predicted molar refractivity (Wildman–Crippen MR) is 148 cm³/mol. The molecule has 6 nitrogen and oxygen atoms in total. The van der Waals surface area contributed by atoms with Gasteiger partial charge in [0.1, 0.15) is 11.6 Å². The number of halogens is 1. The number of hydrogen-bond donors (Lipinski definition) is 1. The molecule has 1 aromatic heterocycles. The molecular weight excluding hydrogens is 502 g/mol. The van der Waals surface area contributed by atoms with Crippen molar-refractivity contribution in [1.82, 2.24) is 20.2 Å². The summed E-state index contributed by atoms with van der Waals surface area (Å²) < 4.78 is 0.981. The van der Waals surface area contributed by atoms with E-state index in [1.807, 2.05) is 24.3 Å². The number of nitrogens with one attached hydrogen (secondary N) is 1. The quantitative estimate of drug-likeness (QED) is 0.463. The van der Waals surface area contributed by atoms with Gasteiger partial charge in [-0.2, -0.15) is 0 Å². The first-order chi connectivity index (χ1) is 16.4. The fourth-order valence-corrected chi connectivity index (χ4v) is 4.37. The van der Waals surface area contributed by atoms with Crippen molar-refractivity contribution in [2.75, 3.05) is 44.2 Å². The van der Waals surface area contributed by atoms with Gasteiger partial charge in [-0.15, -0.1) is 0 Å². The minimum atomic E-state index is -0.0827. The maximum absolute atomic E-state index is 12.3. The van der Waals surface area contributed by atoms with Crippen molar-refractivity contribution in [3.8, 4) is 0 Å². The fourth-order valence-electron chi connectivity index (χ4n) is 4.11. The van der Waals surface area contributed by atoms with E-state index < -0.39 is 0 Å². The van der Waals surface area contributed by atoms with Gasteiger partial charge in [0.2, 0.25) is 0 Å². The highest BCUT2D eigenvalue weighted by Gasteiger charge is 2.26. The van der Waals surface area contributed by atoms with E-state index in [0.29, 0.717) is 12.1 Å². The molecule has 0 unspecified atom stereocenters. The van der Waals surface area contributed by atoms with Crippen LogP contribution in [0.4, 0.5) is 5.82 Å². The van der Waals surface area contributed by atoms with Crippen molar-refractivity contribution in [1.29, 1.82) is 0 Å². The molecule has 1 N–H and O–H groups in total. The second-order valence-corrected chi connectivity index (χ2v) is 12.5. The first kappa shape index (κ1) is 27.6. The SMILES string of the molecule is CC(C)(C)c1cc(N2CCCN(CCCCNC(=O)c3ccc(Br)cc3)CC2)nc(C(C)(C)C)n1. The molecule has 0 radical (unpaired) electrons. The Balaban J connectivity index is 1.49. The summed E-state index contributed by atoms with van der Waals surface area (Å²) in [5, 5.41) is 3.04. The number of aromatic nitrogens is 2. The van der Waals surface area contributed by atoms with E-state index in [1.54, 1.807) is 0 Å². The van der Waals surface area contributed by atoms with Crippen LogP contribution in [0.15, 0.2) is 34.8 Å². The van der Waals surface area contributed by atoms with Gasteiger partial charge in [-0.3, -0.25) is 4.79 Å². The van der Waals surface area contributed by atoms with Crippen LogP contribution in [0.1, 0.15) is 82.7 Å². The summed E-state index contributed by atoms with van der Waals surface area (Å²) in [6, 6.07) is 9.67. The Labute approximate surface area is 220 Å². The molecule has 2 heterocycles. The Bertz CT molecular complexity index is 946. The monoisotopic (exact) mass is 543 g/mol. The van der Waals surface area contributed by atoms with Crippen LogP contribution < -0.4 is 10.2 Å². The second kappa shape index (κ2) is 11.8. The molecule has 192 valence electrons. The highest BCUT2D eigenvalue weighted by Crippen LogP contribution is 2.28. The van der Waals surface area contributed by atoms with Crippen LogP contribution in [-0.4, -0.2) is 60.0 Å². The predicted octanol–water partition coefficient (Wildman–Crippen LogP) is 5.56. The molecule has 1 saturated heterocycles. The third kappa shape index (κ3) is 8.28. The van der Waals surface area contributed by atoms with Crippen LogP contribution in [0.25, 0.3) is 0 Å². The number of nitrogens with zero attached hydrogens (tertiary/aromatic N) is 4. The highest BCUT2D eigenvalue weighted by molar-refractivity contribution is 9.10. The van der Waals surface area contributed by atoms with E-state index in [2.05, 4.69) is 78.7 Å². The average Bonchev–Trinajstić information content (AvgIpc) is 3.03. The number of rotatable bonds is 7. The Morgan fingerprint density at radius 1 is 0.943 bits per heavy atom. The zero-order valence-corrected chi connectivity index (χ0v) is 23.9. The van der Waals surface area contributed by atoms with Gasteiger partial charge in [-0.05, 0) is 56.6 Å². The number of anilines is 1. The van der Waals surface area contributed by atoms with Gasteiger partial charge in [0.25, 0.3) is 5.91 Å². The molecule has 35 heavy (non-hydrogen) atoms. The lowest BCUT2D eigenvalue weighted by molar-refractivity contribution is 0.0952. The maximum atomic E-state index is 12.3. The molecule has 1 fully saturated rings. The molecule has 0 spiro atoms. The summed E-state index contributed by atoms with van der Waals surface area (Å²) in [6.07, 6.45) is 3.19. The molecule has 1 amide bonds. The molecule has 0 atom stereocenters. The van der Waals surface area contributed by atoms with Crippen LogP contribution in [-0.2, 0) is 10.8 Å². The summed E-state index contributed by atoms with van der Waals surface area (Å²) in [5.74, 6) is 1.98. The molecule has 7 heteroatoms. The van der Waals surface area contributed by atoms with Gasteiger partial charge in [0.15, 0.2) is 0 Å². The molecule has 0 bridgehead atoms. The van der Waals surface area contributed by atoms with Gasteiger partial charge >= 0.3 is 0 Å². The number of unbranched alkanes of at least 4 members (excludes halogenated alkanes) is 1. The summed E-state index contributed by atoms with van der Waals surface area (Å²) in [6.45, 7) is 19.1. The molecular formula is C28H42BrN5O. The van der Waals surface area contributed by atoms with Crippen molar-refractivity contribution in [2.24, 2.45) is 0 Å². The van der Waals surface area contributed by atoms with Crippen LogP contribution in [0.2, 0.25) is 0 Å². The lowest BCUT2D eigenvalue weighted by Gasteiger charge is -2.28. The van der Waals surface area contributed by atoms with E-state index in [4.69, 9.17) is 9.97 Å². The summed E-state index contributed by atoms with van der Waals surface area (Å²) >= 11 is 3.40. The maximum Gasteiger partial charge on any atom is 0.251 e. The van der Waals surface area contributed by atoms with Crippen LogP contribution >= 0.6 is 15.9 Å². The first-order valence-electron chi connectivity index (χ1n) is 12.8. The van der Waals surface area contributed by atoms with Gasteiger partial charge < -0.3 is 15.1 Å². The Morgan fingerprint density at radius 2 is 1.66 bits per heavy atom. The van der Waals surface area contributed by atoms with Crippen molar-refractivity contribution >= 4 is 27.7 Å². The van der Waals surface area contributed by atoms with Gasteiger partial charge in [0.05, 0.1) is 5.69 Å². The molecule has 1 aromatic carbocycles. The van der Waals surface area contributed by atoms with Gasteiger partial charge in [-0.25, -0.2) is 9.97 Å². The number of amides is 1. The zero-order chi connectivity index (χ0) is 25.6. The third-order valence-electron chi connectivity index (χ3n) is 6.36. The fraction of sp³-hybridized carbons (Fsp3) is 0.607. The van der Waals surface area contributed by atoms with E-state index >= 15 is 0 Å². The normalized spacial score (nSPS) is 15.7. The minimum Gasteiger partial charge on any atom is -0.355 e. The van der Waals surface area contributed by atoms with Crippen LogP contribution in [0, 0.1) is 0 Å². The topological polar surface area (TPSA) is 61.4 Å². The molecule has 3 rings (SSSR count). The summed E-state index contributed by atoms with van der Waals surface area (Å²) in [7, 11) is 0. The van der Waals surface area contributed by atoms with Crippen LogP contribution in [0.5, 0.6) is 0 Å².